The van der Waals surface area contributed by atoms with Gasteiger partial charge in [0, 0.05) is 23.4 Å². The number of benzene rings is 2. The number of carbonyl (C=O) groups excluding carboxylic acids is 1. The van der Waals surface area contributed by atoms with Crippen molar-refractivity contribution in [1.82, 2.24) is 5.43 Å². The normalized spacial score (nSPS) is 11.0. The first kappa shape index (κ1) is 17.1. The molecule has 2 aromatic carbocycles. The lowest BCUT2D eigenvalue weighted by molar-refractivity contribution is -0.384. The third-order valence-electron chi connectivity index (χ3n) is 3.29. The highest BCUT2D eigenvalue weighted by molar-refractivity contribution is 5.99. The Hall–Kier alpha value is -3.22. The highest BCUT2D eigenvalue weighted by atomic mass is 16.6. The third-order valence-corrected chi connectivity index (χ3v) is 3.29. The van der Waals surface area contributed by atoms with Gasteiger partial charge in [-0.3, -0.25) is 14.9 Å². The van der Waals surface area contributed by atoms with Crippen molar-refractivity contribution in [3.8, 4) is 0 Å². The number of amides is 1. The highest BCUT2D eigenvalue weighted by Crippen LogP contribution is 2.13. The standard InChI is InChI=1S/C17H18N4O3/c1-12-5-3-7-15(9-12)18-11-17(22)20-19-13(2)14-6-4-8-16(10-14)21(23)24/h3-10,18H,11H2,1-2H3,(H,20,22)/b19-13-. The number of hydrogen-bond donors (Lipinski definition) is 2. The van der Waals surface area contributed by atoms with Gasteiger partial charge in [0.2, 0.25) is 0 Å². The van der Waals surface area contributed by atoms with E-state index in [0.717, 1.165) is 11.3 Å². The van der Waals surface area contributed by atoms with E-state index in [4.69, 9.17) is 0 Å². The van der Waals surface area contributed by atoms with Gasteiger partial charge in [-0.25, -0.2) is 5.43 Å². The topological polar surface area (TPSA) is 96.6 Å². The van der Waals surface area contributed by atoms with Crippen molar-refractivity contribution in [1.29, 1.82) is 0 Å². The fourth-order valence-electron chi connectivity index (χ4n) is 2.03. The molecule has 0 aliphatic rings. The smallest absolute Gasteiger partial charge is 0.270 e. The molecule has 0 bridgehead atoms. The summed E-state index contributed by atoms with van der Waals surface area (Å²) in [5.74, 6) is -0.304. The Bertz CT molecular complexity index is 787. The van der Waals surface area contributed by atoms with Crippen LogP contribution in [0.15, 0.2) is 53.6 Å². The van der Waals surface area contributed by atoms with Crippen LogP contribution in [0.5, 0.6) is 0 Å². The second kappa shape index (κ2) is 7.87. The zero-order chi connectivity index (χ0) is 17.5. The van der Waals surface area contributed by atoms with Crippen molar-refractivity contribution >= 4 is 23.0 Å². The number of rotatable bonds is 6. The number of hydrazone groups is 1. The van der Waals surface area contributed by atoms with Gasteiger partial charge in [0.05, 0.1) is 17.2 Å². The van der Waals surface area contributed by atoms with E-state index in [-0.39, 0.29) is 18.1 Å². The Morgan fingerprint density at radius 1 is 1.21 bits per heavy atom. The fraction of sp³-hybridized carbons (Fsp3) is 0.176. The van der Waals surface area contributed by atoms with E-state index >= 15 is 0 Å². The summed E-state index contributed by atoms with van der Waals surface area (Å²) in [6.45, 7) is 3.72. The number of non-ortho nitro benzene ring substituents is 1. The van der Waals surface area contributed by atoms with Gasteiger partial charge in [-0.1, -0.05) is 24.3 Å². The van der Waals surface area contributed by atoms with Gasteiger partial charge in [0.25, 0.3) is 11.6 Å². The number of anilines is 1. The fourth-order valence-corrected chi connectivity index (χ4v) is 2.03. The quantitative estimate of drug-likeness (QED) is 0.484. The van der Waals surface area contributed by atoms with Gasteiger partial charge >= 0.3 is 0 Å². The van der Waals surface area contributed by atoms with E-state index in [9.17, 15) is 14.9 Å². The Morgan fingerprint density at radius 3 is 2.67 bits per heavy atom. The van der Waals surface area contributed by atoms with Crippen molar-refractivity contribution in [2.45, 2.75) is 13.8 Å². The predicted molar refractivity (Wildman–Crippen MR) is 93.1 cm³/mol. The van der Waals surface area contributed by atoms with Crippen LogP contribution >= 0.6 is 0 Å². The van der Waals surface area contributed by atoms with Crippen LogP contribution in [0.2, 0.25) is 0 Å². The third kappa shape index (κ3) is 4.91. The Labute approximate surface area is 139 Å². The first-order chi connectivity index (χ1) is 11.5. The second-order valence-electron chi connectivity index (χ2n) is 5.26. The van der Waals surface area contributed by atoms with E-state index in [1.165, 1.54) is 12.1 Å². The van der Waals surface area contributed by atoms with E-state index in [1.807, 2.05) is 31.2 Å². The summed E-state index contributed by atoms with van der Waals surface area (Å²) in [5.41, 5.74) is 5.43. The van der Waals surface area contributed by atoms with Crippen molar-refractivity contribution in [2.24, 2.45) is 5.10 Å². The number of nitrogens with one attached hydrogen (secondary N) is 2. The first-order valence-electron chi connectivity index (χ1n) is 7.34. The maximum atomic E-state index is 11.8. The van der Waals surface area contributed by atoms with Gasteiger partial charge in [0.15, 0.2) is 0 Å². The first-order valence-corrected chi connectivity index (χ1v) is 7.34. The number of nitro groups is 1. The average Bonchev–Trinajstić information content (AvgIpc) is 2.58. The molecule has 24 heavy (non-hydrogen) atoms. The largest absolute Gasteiger partial charge is 0.376 e. The van der Waals surface area contributed by atoms with Crippen LogP contribution < -0.4 is 10.7 Å². The van der Waals surface area contributed by atoms with Crippen LogP contribution in [0.3, 0.4) is 0 Å². The lowest BCUT2D eigenvalue weighted by Crippen LogP contribution is -2.26. The molecule has 0 aromatic heterocycles. The molecular weight excluding hydrogens is 308 g/mol. The predicted octanol–water partition coefficient (Wildman–Crippen LogP) is 2.86. The monoisotopic (exact) mass is 326 g/mol. The molecular formula is C17H18N4O3. The van der Waals surface area contributed by atoms with Crippen LogP contribution in [-0.2, 0) is 4.79 Å². The van der Waals surface area contributed by atoms with Crippen LogP contribution in [0.4, 0.5) is 11.4 Å². The molecule has 1 amide bonds. The summed E-state index contributed by atoms with van der Waals surface area (Å²) in [6, 6.07) is 13.8. The Morgan fingerprint density at radius 2 is 1.96 bits per heavy atom. The van der Waals surface area contributed by atoms with Gasteiger partial charge in [0.1, 0.15) is 0 Å². The van der Waals surface area contributed by atoms with Crippen LogP contribution in [0, 0.1) is 17.0 Å². The zero-order valence-corrected chi connectivity index (χ0v) is 13.4. The van der Waals surface area contributed by atoms with E-state index in [1.54, 1.807) is 19.1 Å². The minimum atomic E-state index is -0.471. The average molecular weight is 326 g/mol. The molecule has 0 heterocycles. The molecule has 0 saturated heterocycles. The van der Waals surface area contributed by atoms with Gasteiger partial charge < -0.3 is 5.32 Å². The number of aryl methyl sites for hydroxylation is 1. The summed E-state index contributed by atoms with van der Waals surface area (Å²) in [6.07, 6.45) is 0. The molecule has 0 aliphatic heterocycles. The summed E-state index contributed by atoms with van der Waals surface area (Å²) in [5, 5.41) is 17.8. The van der Waals surface area contributed by atoms with Crippen LogP contribution in [0.1, 0.15) is 18.1 Å². The van der Waals surface area contributed by atoms with Gasteiger partial charge in [-0.2, -0.15) is 5.10 Å². The molecule has 2 N–H and O–H groups in total. The lowest BCUT2D eigenvalue weighted by atomic mass is 10.1. The minimum absolute atomic E-state index is 0.0190. The molecule has 0 fully saturated rings. The van der Waals surface area contributed by atoms with Crippen molar-refractivity contribution in [2.75, 3.05) is 11.9 Å². The van der Waals surface area contributed by atoms with Crippen LogP contribution in [0.25, 0.3) is 0 Å². The number of nitro benzene ring substituents is 1. The Kier molecular flexibility index (Phi) is 5.62. The van der Waals surface area contributed by atoms with Crippen molar-refractivity contribution < 1.29 is 9.72 Å². The van der Waals surface area contributed by atoms with Crippen molar-refractivity contribution in [3.05, 3.63) is 69.8 Å². The van der Waals surface area contributed by atoms with E-state index in [0.29, 0.717) is 11.3 Å². The molecule has 0 saturated carbocycles. The molecule has 7 nitrogen and oxygen atoms in total. The van der Waals surface area contributed by atoms with Crippen molar-refractivity contribution in [3.63, 3.8) is 0 Å². The van der Waals surface area contributed by atoms with E-state index in [2.05, 4.69) is 15.8 Å². The molecule has 124 valence electrons. The SMILES string of the molecule is C/C(=N/NC(=O)CNc1cccc(C)c1)c1cccc([N+](=O)[O-])c1. The molecule has 0 radical (unpaired) electrons. The second-order valence-corrected chi connectivity index (χ2v) is 5.26. The van der Waals surface area contributed by atoms with Gasteiger partial charge in [-0.05, 0) is 31.5 Å². The minimum Gasteiger partial charge on any atom is -0.376 e. The molecule has 2 aromatic rings. The summed E-state index contributed by atoms with van der Waals surface area (Å²) in [7, 11) is 0. The van der Waals surface area contributed by atoms with Gasteiger partial charge in [-0.15, -0.1) is 0 Å². The Balaban J connectivity index is 1.93. The maximum absolute atomic E-state index is 11.8. The highest BCUT2D eigenvalue weighted by Gasteiger charge is 2.08. The molecule has 0 atom stereocenters. The molecule has 7 heteroatoms. The maximum Gasteiger partial charge on any atom is 0.270 e. The zero-order valence-electron chi connectivity index (χ0n) is 13.4. The molecule has 2 rings (SSSR count). The summed E-state index contributed by atoms with van der Waals surface area (Å²) < 4.78 is 0. The lowest BCUT2D eigenvalue weighted by Gasteiger charge is -2.06. The number of hydrogen-bond acceptors (Lipinski definition) is 5. The summed E-state index contributed by atoms with van der Waals surface area (Å²) >= 11 is 0. The number of carbonyl (C=O) groups is 1. The van der Waals surface area contributed by atoms with E-state index < -0.39 is 4.92 Å². The molecule has 0 spiro atoms. The van der Waals surface area contributed by atoms with Crippen LogP contribution in [-0.4, -0.2) is 23.1 Å². The number of nitrogens with zero attached hydrogens (tertiary/aromatic N) is 2. The summed E-state index contributed by atoms with van der Waals surface area (Å²) in [4.78, 5) is 22.1. The molecule has 0 unspecified atom stereocenters. The molecule has 0 aliphatic carbocycles.